The van der Waals surface area contributed by atoms with Crippen molar-refractivity contribution in [1.82, 2.24) is 24.3 Å². The molecule has 0 aliphatic rings. The van der Waals surface area contributed by atoms with Crippen molar-refractivity contribution in [2.45, 2.75) is 6.92 Å². The smallest absolute Gasteiger partial charge is 0.271 e. The van der Waals surface area contributed by atoms with Crippen LogP contribution in [-0.2, 0) is 14.1 Å². The lowest BCUT2D eigenvalue weighted by atomic mass is 10.3. The summed E-state index contributed by atoms with van der Waals surface area (Å²) in [6.07, 6.45) is 5.15. The van der Waals surface area contributed by atoms with Crippen LogP contribution < -0.4 is 10.9 Å². The average molecular weight is 270 g/mol. The van der Waals surface area contributed by atoms with Crippen molar-refractivity contribution in [2.75, 3.05) is 5.32 Å². The van der Waals surface area contributed by atoms with Gasteiger partial charge in [0.2, 0.25) is 0 Å². The van der Waals surface area contributed by atoms with E-state index in [2.05, 4.69) is 20.4 Å². The molecule has 20 heavy (non-hydrogen) atoms. The summed E-state index contributed by atoms with van der Waals surface area (Å²) in [6, 6.07) is 1.89. The monoisotopic (exact) mass is 270 g/mol. The topological polar surface area (TPSA) is 77.6 Å². The maximum Gasteiger partial charge on any atom is 0.271 e. The van der Waals surface area contributed by atoms with Gasteiger partial charge in [-0.15, -0.1) is 0 Å². The Labute approximate surface area is 114 Å². The van der Waals surface area contributed by atoms with Crippen LogP contribution in [0.15, 0.2) is 29.5 Å². The van der Waals surface area contributed by atoms with Crippen LogP contribution in [0.3, 0.4) is 0 Å². The predicted octanol–water partition coefficient (Wildman–Crippen LogP) is 1.11. The molecule has 0 aliphatic carbocycles. The first-order chi connectivity index (χ1) is 9.56. The van der Waals surface area contributed by atoms with Crippen LogP contribution in [0.4, 0.5) is 11.5 Å². The fourth-order valence-electron chi connectivity index (χ4n) is 2.01. The molecule has 0 atom stereocenters. The number of fused-ring (bicyclic) bond motifs is 1. The maximum absolute atomic E-state index is 11.8. The molecule has 0 spiro atoms. The normalized spacial score (nSPS) is 10.9. The third-order valence-electron chi connectivity index (χ3n) is 3.21. The van der Waals surface area contributed by atoms with E-state index in [1.54, 1.807) is 26.4 Å². The van der Waals surface area contributed by atoms with E-state index >= 15 is 0 Å². The Bertz CT molecular complexity index is 848. The fraction of sp³-hybridized carbons (Fsp3) is 0.231. The highest BCUT2D eigenvalue weighted by Gasteiger charge is 2.07. The maximum atomic E-state index is 11.8. The number of nitrogens with one attached hydrogen (secondary N) is 1. The highest BCUT2D eigenvalue weighted by molar-refractivity contribution is 5.74. The second kappa shape index (κ2) is 4.44. The Morgan fingerprint density at radius 3 is 2.85 bits per heavy atom. The van der Waals surface area contributed by atoms with Gasteiger partial charge in [-0.05, 0) is 13.0 Å². The number of anilines is 2. The summed E-state index contributed by atoms with van der Waals surface area (Å²) in [5.74, 6) is 0.585. The van der Waals surface area contributed by atoms with E-state index in [4.69, 9.17) is 0 Å². The molecule has 0 aliphatic heterocycles. The van der Waals surface area contributed by atoms with E-state index in [9.17, 15) is 4.79 Å². The first kappa shape index (κ1) is 12.3. The number of aryl methyl sites for hydroxylation is 2. The molecular weight excluding hydrogens is 256 g/mol. The van der Waals surface area contributed by atoms with Gasteiger partial charge in [-0.2, -0.15) is 5.10 Å². The van der Waals surface area contributed by atoms with Crippen LogP contribution >= 0.6 is 0 Å². The second-order valence-electron chi connectivity index (χ2n) is 4.63. The Kier molecular flexibility index (Phi) is 2.74. The van der Waals surface area contributed by atoms with Gasteiger partial charge < -0.3 is 9.88 Å². The number of nitrogens with zero attached hydrogens (tertiary/aromatic N) is 5. The number of aromatic nitrogens is 5. The molecule has 0 aromatic carbocycles. The Morgan fingerprint density at radius 2 is 2.05 bits per heavy atom. The average Bonchev–Trinajstić information content (AvgIpc) is 2.81. The fourth-order valence-corrected chi connectivity index (χ4v) is 2.01. The summed E-state index contributed by atoms with van der Waals surface area (Å²) in [7, 11) is 3.54. The lowest BCUT2D eigenvalue weighted by molar-refractivity contribution is 0.702. The van der Waals surface area contributed by atoms with Crippen molar-refractivity contribution in [3.8, 4) is 0 Å². The SMILES string of the molecule is Cc1c(Nc2cnc3c(ccn3C)n2)cnn(C)c1=O. The zero-order chi connectivity index (χ0) is 14.3. The van der Waals surface area contributed by atoms with E-state index < -0.39 is 0 Å². The second-order valence-corrected chi connectivity index (χ2v) is 4.63. The number of hydrogen-bond acceptors (Lipinski definition) is 5. The predicted molar refractivity (Wildman–Crippen MR) is 76.0 cm³/mol. The van der Waals surface area contributed by atoms with E-state index in [-0.39, 0.29) is 5.56 Å². The number of hydrogen-bond donors (Lipinski definition) is 1. The highest BCUT2D eigenvalue weighted by atomic mass is 16.1. The van der Waals surface area contributed by atoms with Crippen LogP contribution in [0, 0.1) is 6.92 Å². The molecule has 0 saturated heterocycles. The summed E-state index contributed by atoms with van der Waals surface area (Å²) in [4.78, 5) is 20.6. The van der Waals surface area contributed by atoms with Crippen LogP contribution in [0.1, 0.15) is 5.56 Å². The molecule has 3 heterocycles. The third-order valence-corrected chi connectivity index (χ3v) is 3.21. The minimum atomic E-state index is -0.135. The van der Waals surface area contributed by atoms with Gasteiger partial charge in [0.05, 0.1) is 18.1 Å². The summed E-state index contributed by atoms with van der Waals surface area (Å²) in [5, 5.41) is 7.07. The van der Waals surface area contributed by atoms with Crippen molar-refractivity contribution in [2.24, 2.45) is 14.1 Å². The molecule has 7 nitrogen and oxygen atoms in total. The molecule has 0 fully saturated rings. The van der Waals surface area contributed by atoms with Gasteiger partial charge in [0, 0.05) is 25.9 Å². The molecule has 7 heteroatoms. The van der Waals surface area contributed by atoms with E-state index in [1.807, 2.05) is 23.9 Å². The zero-order valence-corrected chi connectivity index (χ0v) is 11.5. The molecule has 102 valence electrons. The Balaban J connectivity index is 2.01. The molecule has 3 aromatic heterocycles. The standard InChI is InChI=1S/C13H14N6O/c1-8-10(6-15-19(3)13(8)20)17-11-7-14-12-9(16-11)4-5-18(12)2/h4-7H,1-3H3,(H,16,17). The molecular formula is C13H14N6O. The largest absolute Gasteiger partial charge is 0.337 e. The summed E-state index contributed by atoms with van der Waals surface area (Å²) in [6.45, 7) is 1.75. The lowest BCUT2D eigenvalue weighted by Gasteiger charge is -2.08. The minimum absolute atomic E-state index is 0.135. The van der Waals surface area contributed by atoms with Crippen LogP contribution in [0.25, 0.3) is 11.2 Å². The van der Waals surface area contributed by atoms with Gasteiger partial charge in [-0.25, -0.2) is 14.6 Å². The Morgan fingerprint density at radius 1 is 1.25 bits per heavy atom. The van der Waals surface area contributed by atoms with Crippen molar-refractivity contribution in [1.29, 1.82) is 0 Å². The summed E-state index contributed by atoms with van der Waals surface area (Å²) >= 11 is 0. The molecule has 0 unspecified atom stereocenters. The van der Waals surface area contributed by atoms with Crippen molar-refractivity contribution >= 4 is 22.7 Å². The van der Waals surface area contributed by atoms with Gasteiger partial charge in [-0.1, -0.05) is 0 Å². The van der Waals surface area contributed by atoms with E-state index in [0.717, 1.165) is 11.2 Å². The van der Waals surface area contributed by atoms with Crippen molar-refractivity contribution in [3.05, 3.63) is 40.6 Å². The highest BCUT2D eigenvalue weighted by Crippen LogP contribution is 2.17. The van der Waals surface area contributed by atoms with Gasteiger partial charge >= 0.3 is 0 Å². The molecule has 0 bridgehead atoms. The summed E-state index contributed by atoms with van der Waals surface area (Å²) in [5.41, 5.74) is 2.71. The first-order valence-electron chi connectivity index (χ1n) is 6.14. The zero-order valence-electron chi connectivity index (χ0n) is 11.5. The molecule has 0 radical (unpaired) electrons. The molecule has 3 aromatic rings. The lowest BCUT2D eigenvalue weighted by Crippen LogP contribution is -2.22. The minimum Gasteiger partial charge on any atom is -0.337 e. The third kappa shape index (κ3) is 1.93. The van der Waals surface area contributed by atoms with Gasteiger partial charge in [-0.3, -0.25) is 4.79 Å². The molecule has 0 amide bonds. The van der Waals surface area contributed by atoms with Crippen LogP contribution in [0.5, 0.6) is 0 Å². The Hall–Kier alpha value is -2.70. The molecule has 1 N–H and O–H groups in total. The molecule has 3 rings (SSSR count). The van der Waals surface area contributed by atoms with Crippen molar-refractivity contribution < 1.29 is 0 Å². The van der Waals surface area contributed by atoms with E-state index in [0.29, 0.717) is 17.1 Å². The van der Waals surface area contributed by atoms with Gasteiger partial charge in [0.1, 0.15) is 11.3 Å². The first-order valence-corrected chi connectivity index (χ1v) is 6.14. The molecule has 0 saturated carbocycles. The van der Waals surface area contributed by atoms with Crippen LogP contribution in [-0.4, -0.2) is 24.3 Å². The number of rotatable bonds is 2. The van der Waals surface area contributed by atoms with Gasteiger partial charge in [0.15, 0.2) is 5.65 Å². The summed E-state index contributed by atoms with van der Waals surface area (Å²) < 4.78 is 3.20. The van der Waals surface area contributed by atoms with Crippen molar-refractivity contribution in [3.63, 3.8) is 0 Å². The van der Waals surface area contributed by atoms with Crippen LogP contribution in [0.2, 0.25) is 0 Å². The van der Waals surface area contributed by atoms with Gasteiger partial charge in [0.25, 0.3) is 5.56 Å². The quantitative estimate of drug-likeness (QED) is 0.755. The van der Waals surface area contributed by atoms with E-state index in [1.165, 1.54) is 4.68 Å².